The van der Waals surface area contributed by atoms with Crippen molar-refractivity contribution in [1.82, 2.24) is 5.32 Å². The van der Waals surface area contributed by atoms with E-state index in [4.69, 9.17) is 9.47 Å². The van der Waals surface area contributed by atoms with E-state index < -0.39 is 0 Å². The van der Waals surface area contributed by atoms with E-state index >= 15 is 0 Å². The van der Waals surface area contributed by atoms with Gasteiger partial charge in [0.2, 0.25) is 0 Å². The van der Waals surface area contributed by atoms with Crippen LogP contribution in [0, 0.1) is 6.92 Å². The van der Waals surface area contributed by atoms with Gasteiger partial charge < -0.3 is 14.8 Å². The van der Waals surface area contributed by atoms with Crippen LogP contribution in [0.25, 0.3) is 0 Å². The molecule has 0 atom stereocenters. The standard InChI is InChI=1S/C22H30BrNO2/c1-4-6-9-12-24-15-19-13-21(25-5-2)22(14-20(19)23)26-16-18-11-8-7-10-17(18)3/h7-8,10-11,13-14,24H,4-6,9,12,15-16H2,1-3H3. The molecule has 0 aliphatic heterocycles. The molecule has 1 N–H and O–H groups in total. The third kappa shape index (κ3) is 6.33. The third-order valence-corrected chi connectivity index (χ3v) is 5.07. The number of aryl methyl sites for hydroxylation is 1. The van der Waals surface area contributed by atoms with Crippen LogP contribution in [0.2, 0.25) is 0 Å². The lowest BCUT2D eigenvalue weighted by Crippen LogP contribution is -2.15. The van der Waals surface area contributed by atoms with E-state index in [1.54, 1.807) is 0 Å². The zero-order valence-electron chi connectivity index (χ0n) is 16.1. The number of nitrogens with one attached hydrogen (secondary N) is 1. The highest BCUT2D eigenvalue weighted by Crippen LogP contribution is 2.34. The Labute approximate surface area is 166 Å². The predicted molar refractivity (Wildman–Crippen MR) is 112 cm³/mol. The van der Waals surface area contributed by atoms with Crippen molar-refractivity contribution in [2.24, 2.45) is 0 Å². The summed E-state index contributed by atoms with van der Waals surface area (Å²) >= 11 is 3.68. The van der Waals surface area contributed by atoms with Crippen molar-refractivity contribution in [1.29, 1.82) is 0 Å². The fourth-order valence-corrected chi connectivity index (χ4v) is 3.21. The normalized spacial score (nSPS) is 10.8. The van der Waals surface area contributed by atoms with Crippen LogP contribution in [0.5, 0.6) is 11.5 Å². The Morgan fingerprint density at radius 3 is 2.46 bits per heavy atom. The van der Waals surface area contributed by atoms with Crippen molar-refractivity contribution in [3.05, 3.63) is 57.6 Å². The molecule has 0 saturated carbocycles. The summed E-state index contributed by atoms with van der Waals surface area (Å²) in [6, 6.07) is 12.4. The SMILES string of the molecule is CCCCCNCc1cc(OCC)c(OCc2ccccc2C)cc1Br. The Hall–Kier alpha value is -1.52. The van der Waals surface area contributed by atoms with Crippen LogP contribution in [-0.4, -0.2) is 13.2 Å². The van der Waals surface area contributed by atoms with Crippen LogP contribution < -0.4 is 14.8 Å². The van der Waals surface area contributed by atoms with Crippen LogP contribution >= 0.6 is 15.9 Å². The maximum Gasteiger partial charge on any atom is 0.162 e. The molecule has 0 spiro atoms. The van der Waals surface area contributed by atoms with Crippen molar-refractivity contribution >= 4 is 15.9 Å². The van der Waals surface area contributed by atoms with E-state index in [9.17, 15) is 0 Å². The molecular formula is C22H30BrNO2. The second kappa shape index (κ2) is 11.2. The predicted octanol–water partition coefficient (Wildman–Crippen LogP) is 6.02. The minimum absolute atomic E-state index is 0.536. The quantitative estimate of drug-likeness (QED) is 0.451. The van der Waals surface area contributed by atoms with Gasteiger partial charge >= 0.3 is 0 Å². The molecule has 2 rings (SSSR count). The van der Waals surface area contributed by atoms with Crippen molar-refractivity contribution in [2.45, 2.75) is 53.2 Å². The molecule has 0 unspecified atom stereocenters. The summed E-state index contributed by atoms with van der Waals surface area (Å²) in [4.78, 5) is 0. The van der Waals surface area contributed by atoms with E-state index in [0.29, 0.717) is 13.2 Å². The van der Waals surface area contributed by atoms with Crippen molar-refractivity contribution in [2.75, 3.05) is 13.2 Å². The average molecular weight is 420 g/mol. The lowest BCUT2D eigenvalue weighted by Gasteiger charge is -2.16. The number of hydrogen-bond acceptors (Lipinski definition) is 3. The molecule has 0 heterocycles. The Morgan fingerprint density at radius 2 is 1.73 bits per heavy atom. The molecule has 2 aromatic carbocycles. The highest BCUT2D eigenvalue weighted by molar-refractivity contribution is 9.10. The van der Waals surface area contributed by atoms with Gasteiger partial charge in [0, 0.05) is 11.0 Å². The number of unbranched alkanes of at least 4 members (excludes halogenated alkanes) is 2. The van der Waals surface area contributed by atoms with E-state index in [0.717, 1.165) is 29.1 Å². The van der Waals surface area contributed by atoms with E-state index in [1.165, 1.54) is 36.0 Å². The Balaban J connectivity index is 2.06. The van der Waals surface area contributed by atoms with Crippen molar-refractivity contribution in [3.63, 3.8) is 0 Å². The molecule has 3 nitrogen and oxygen atoms in total. The molecule has 0 bridgehead atoms. The number of hydrogen-bond donors (Lipinski definition) is 1. The van der Waals surface area contributed by atoms with Gasteiger partial charge in [-0.1, -0.05) is 60.0 Å². The van der Waals surface area contributed by atoms with Crippen LogP contribution in [-0.2, 0) is 13.2 Å². The van der Waals surface area contributed by atoms with Gasteiger partial charge in [0.1, 0.15) is 6.61 Å². The largest absolute Gasteiger partial charge is 0.490 e. The highest BCUT2D eigenvalue weighted by Gasteiger charge is 2.11. The van der Waals surface area contributed by atoms with Gasteiger partial charge in [-0.15, -0.1) is 0 Å². The molecule has 4 heteroatoms. The maximum atomic E-state index is 6.07. The molecule has 0 radical (unpaired) electrons. The number of ether oxygens (including phenoxy) is 2. The van der Waals surface area contributed by atoms with Crippen molar-refractivity contribution < 1.29 is 9.47 Å². The van der Waals surface area contributed by atoms with Gasteiger partial charge in [-0.2, -0.15) is 0 Å². The molecular weight excluding hydrogens is 390 g/mol. The van der Waals surface area contributed by atoms with Crippen LogP contribution in [0.15, 0.2) is 40.9 Å². The first kappa shape index (κ1) is 20.8. The summed E-state index contributed by atoms with van der Waals surface area (Å²) < 4.78 is 12.9. The molecule has 0 aromatic heterocycles. The second-order valence-electron chi connectivity index (χ2n) is 6.42. The summed E-state index contributed by atoms with van der Waals surface area (Å²) in [6.45, 7) is 9.33. The highest BCUT2D eigenvalue weighted by atomic mass is 79.9. The minimum Gasteiger partial charge on any atom is -0.490 e. The third-order valence-electron chi connectivity index (χ3n) is 4.33. The van der Waals surface area contributed by atoms with Gasteiger partial charge in [-0.25, -0.2) is 0 Å². The fourth-order valence-electron chi connectivity index (χ4n) is 2.74. The van der Waals surface area contributed by atoms with E-state index in [2.05, 4.69) is 53.3 Å². The zero-order chi connectivity index (χ0) is 18.8. The van der Waals surface area contributed by atoms with Gasteiger partial charge in [0.15, 0.2) is 11.5 Å². The average Bonchev–Trinajstić information content (AvgIpc) is 2.63. The molecule has 26 heavy (non-hydrogen) atoms. The number of rotatable bonds is 11. The minimum atomic E-state index is 0.536. The Morgan fingerprint density at radius 1 is 0.962 bits per heavy atom. The molecule has 0 fully saturated rings. The Kier molecular flexibility index (Phi) is 8.99. The molecule has 2 aromatic rings. The molecule has 142 valence electrons. The van der Waals surface area contributed by atoms with Gasteiger partial charge in [0.05, 0.1) is 6.61 Å². The molecule has 0 aliphatic carbocycles. The second-order valence-corrected chi connectivity index (χ2v) is 7.28. The number of halogens is 1. The van der Waals surface area contributed by atoms with Crippen molar-refractivity contribution in [3.8, 4) is 11.5 Å². The van der Waals surface area contributed by atoms with Crippen LogP contribution in [0.1, 0.15) is 49.8 Å². The summed E-state index contributed by atoms with van der Waals surface area (Å²) in [5.74, 6) is 1.58. The van der Waals surface area contributed by atoms with Crippen LogP contribution in [0.3, 0.4) is 0 Å². The number of benzene rings is 2. The zero-order valence-corrected chi connectivity index (χ0v) is 17.7. The first-order chi connectivity index (χ1) is 12.7. The molecule has 0 saturated heterocycles. The smallest absolute Gasteiger partial charge is 0.162 e. The summed E-state index contributed by atoms with van der Waals surface area (Å²) in [5.41, 5.74) is 3.61. The van der Waals surface area contributed by atoms with E-state index in [1.807, 2.05) is 25.1 Å². The van der Waals surface area contributed by atoms with Crippen LogP contribution in [0.4, 0.5) is 0 Å². The fraction of sp³-hybridized carbons (Fsp3) is 0.455. The van der Waals surface area contributed by atoms with Gasteiger partial charge in [-0.3, -0.25) is 0 Å². The lowest BCUT2D eigenvalue weighted by atomic mass is 10.1. The summed E-state index contributed by atoms with van der Waals surface area (Å²) in [5, 5.41) is 3.51. The maximum absolute atomic E-state index is 6.07. The Bertz CT molecular complexity index is 688. The van der Waals surface area contributed by atoms with Gasteiger partial charge in [0.25, 0.3) is 0 Å². The first-order valence-corrected chi connectivity index (χ1v) is 10.3. The summed E-state index contributed by atoms with van der Waals surface area (Å²) in [7, 11) is 0. The van der Waals surface area contributed by atoms with Gasteiger partial charge in [-0.05, 0) is 55.6 Å². The topological polar surface area (TPSA) is 30.5 Å². The lowest BCUT2D eigenvalue weighted by molar-refractivity contribution is 0.268. The molecule has 0 amide bonds. The first-order valence-electron chi connectivity index (χ1n) is 9.49. The monoisotopic (exact) mass is 419 g/mol. The molecule has 0 aliphatic rings. The summed E-state index contributed by atoms with van der Waals surface area (Å²) in [6.07, 6.45) is 3.72. The van der Waals surface area contributed by atoms with E-state index in [-0.39, 0.29) is 0 Å².